The normalized spacial score (nSPS) is 13.3. The molecule has 0 saturated heterocycles. The van der Waals surface area contributed by atoms with Gasteiger partial charge in [0.2, 0.25) is 5.91 Å². The summed E-state index contributed by atoms with van der Waals surface area (Å²) in [6.45, 7) is 5.02. The molecule has 0 atom stereocenters. The summed E-state index contributed by atoms with van der Waals surface area (Å²) >= 11 is 0. The Kier molecular flexibility index (Phi) is 4.47. The first-order valence-corrected chi connectivity index (χ1v) is 7.84. The Labute approximate surface area is 137 Å². The number of rotatable bonds is 4. The van der Waals surface area contributed by atoms with Gasteiger partial charge in [-0.1, -0.05) is 36.9 Å². The first kappa shape index (κ1) is 15.3. The molecule has 1 aliphatic rings. The topological polar surface area (TPSA) is 29.5 Å². The van der Waals surface area contributed by atoms with Crippen LogP contribution < -0.4 is 4.74 Å². The molecule has 23 heavy (non-hydrogen) atoms. The van der Waals surface area contributed by atoms with Gasteiger partial charge in [0, 0.05) is 13.1 Å². The molecule has 3 heteroatoms. The van der Waals surface area contributed by atoms with Gasteiger partial charge in [-0.15, -0.1) is 0 Å². The standard InChI is InChI=1S/C20H21NO2/c1-3-20(22)21-11-10-17-13-16(4-7-18(17)14-21)12-15-5-8-19(23-2)9-6-15/h3-9,13H,1,10-12,14H2,2H3. The van der Waals surface area contributed by atoms with Crippen LogP contribution in [-0.4, -0.2) is 24.5 Å². The number of carbonyl (C=O) groups excluding carboxylic acids is 1. The van der Waals surface area contributed by atoms with E-state index in [0.717, 1.165) is 25.1 Å². The van der Waals surface area contributed by atoms with Crippen molar-refractivity contribution < 1.29 is 9.53 Å². The van der Waals surface area contributed by atoms with Crippen LogP contribution >= 0.6 is 0 Å². The largest absolute Gasteiger partial charge is 0.497 e. The van der Waals surface area contributed by atoms with E-state index < -0.39 is 0 Å². The van der Waals surface area contributed by atoms with E-state index >= 15 is 0 Å². The molecular formula is C20H21NO2. The predicted molar refractivity (Wildman–Crippen MR) is 91.6 cm³/mol. The molecule has 1 aliphatic heterocycles. The van der Waals surface area contributed by atoms with Crippen LogP contribution in [0.15, 0.2) is 55.1 Å². The van der Waals surface area contributed by atoms with Crippen molar-refractivity contribution in [3.8, 4) is 5.75 Å². The van der Waals surface area contributed by atoms with Crippen molar-refractivity contribution in [1.82, 2.24) is 4.90 Å². The van der Waals surface area contributed by atoms with Gasteiger partial charge in [0.25, 0.3) is 0 Å². The zero-order chi connectivity index (χ0) is 16.2. The second kappa shape index (κ2) is 6.69. The molecule has 0 bridgehead atoms. The third-order valence-electron chi connectivity index (χ3n) is 4.34. The van der Waals surface area contributed by atoms with Crippen LogP contribution in [0.1, 0.15) is 22.3 Å². The van der Waals surface area contributed by atoms with E-state index in [-0.39, 0.29) is 5.91 Å². The Morgan fingerprint density at radius 3 is 2.61 bits per heavy atom. The Hall–Kier alpha value is -2.55. The molecule has 0 unspecified atom stereocenters. The molecule has 0 spiro atoms. The number of ether oxygens (including phenoxy) is 1. The lowest BCUT2D eigenvalue weighted by atomic mass is 9.94. The highest BCUT2D eigenvalue weighted by Gasteiger charge is 2.18. The second-order valence-corrected chi connectivity index (χ2v) is 5.84. The molecule has 2 aromatic carbocycles. The maximum Gasteiger partial charge on any atom is 0.246 e. The van der Waals surface area contributed by atoms with Gasteiger partial charge in [0.15, 0.2) is 0 Å². The van der Waals surface area contributed by atoms with Gasteiger partial charge in [-0.05, 0) is 53.3 Å². The third-order valence-corrected chi connectivity index (χ3v) is 4.34. The first-order chi connectivity index (χ1) is 11.2. The first-order valence-electron chi connectivity index (χ1n) is 7.84. The molecule has 3 rings (SSSR count). The summed E-state index contributed by atoms with van der Waals surface area (Å²) in [7, 11) is 1.68. The molecule has 0 aromatic heterocycles. The molecule has 0 saturated carbocycles. The van der Waals surface area contributed by atoms with E-state index in [1.807, 2.05) is 17.0 Å². The van der Waals surface area contributed by atoms with E-state index in [9.17, 15) is 4.79 Å². The van der Waals surface area contributed by atoms with Gasteiger partial charge in [0.1, 0.15) is 5.75 Å². The van der Waals surface area contributed by atoms with Gasteiger partial charge in [0.05, 0.1) is 7.11 Å². The average Bonchev–Trinajstić information content (AvgIpc) is 2.61. The number of benzene rings is 2. The highest BCUT2D eigenvalue weighted by Crippen LogP contribution is 2.22. The van der Waals surface area contributed by atoms with Crippen molar-refractivity contribution in [2.75, 3.05) is 13.7 Å². The van der Waals surface area contributed by atoms with E-state index in [2.05, 4.69) is 36.9 Å². The zero-order valence-electron chi connectivity index (χ0n) is 13.4. The Morgan fingerprint density at radius 2 is 1.91 bits per heavy atom. The van der Waals surface area contributed by atoms with Crippen molar-refractivity contribution >= 4 is 5.91 Å². The molecule has 0 aliphatic carbocycles. The summed E-state index contributed by atoms with van der Waals surface area (Å²) in [6.07, 6.45) is 3.21. The minimum atomic E-state index is 0.0120. The monoisotopic (exact) mass is 307 g/mol. The molecule has 1 amide bonds. The van der Waals surface area contributed by atoms with E-state index in [1.165, 1.54) is 28.3 Å². The highest BCUT2D eigenvalue weighted by atomic mass is 16.5. The number of methoxy groups -OCH3 is 1. The number of amides is 1. The van der Waals surface area contributed by atoms with Crippen molar-refractivity contribution in [2.24, 2.45) is 0 Å². The van der Waals surface area contributed by atoms with Gasteiger partial charge >= 0.3 is 0 Å². The maximum atomic E-state index is 11.7. The lowest BCUT2D eigenvalue weighted by Crippen LogP contribution is -2.34. The fraction of sp³-hybridized carbons (Fsp3) is 0.250. The summed E-state index contributed by atoms with van der Waals surface area (Å²) in [6, 6.07) is 14.8. The molecule has 3 nitrogen and oxygen atoms in total. The summed E-state index contributed by atoms with van der Waals surface area (Å²) in [5.41, 5.74) is 5.16. The van der Waals surface area contributed by atoms with Gasteiger partial charge < -0.3 is 9.64 Å². The molecule has 0 radical (unpaired) electrons. The number of hydrogen-bond donors (Lipinski definition) is 0. The lowest BCUT2D eigenvalue weighted by molar-refractivity contribution is -0.126. The fourth-order valence-corrected chi connectivity index (χ4v) is 3.01. The van der Waals surface area contributed by atoms with Crippen molar-refractivity contribution in [3.63, 3.8) is 0 Å². The zero-order valence-corrected chi connectivity index (χ0v) is 13.4. The molecular weight excluding hydrogens is 286 g/mol. The summed E-state index contributed by atoms with van der Waals surface area (Å²) < 4.78 is 5.19. The van der Waals surface area contributed by atoms with Crippen molar-refractivity contribution in [1.29, 1.82) is 0 Å². The van der Waals surface area contributed by atoms with Gasteiger partial charge in [-0.2, -0.15) is 0 Å². The SMILES string of the molecule is C=CC(=O)N1CCc2cc(Cc3ccc(OC)cc3)ccc2C1. The summed E-state index contributed by atoms with van der Waals surface area (Å²) in [5.74, 6) is 0.893. The van der Waals surface area contributed by atoms with Crippen LogP contribution in [0.25, 0.3) is 0 Å². The molecule has 1 heterocycles. The Morgan fingerprint density at radius 1 is 1.17 bits per heavy atom. The predicted octanol–water partition coefficient (Wildman–Crippen LogP) is 3.36. The minimum absolute atomic E-state index is 0.0120. The Balaban J connectivity index is 1.74. The highest BCUT2D eigenvalue weighted by molar-refractivity contribution is 5.87. The number of carbonyl (C=O) groups is 1. The van der Waals surface area contributed by atoms with Crippen LogP contribution in [0.3, 0.4) is 0 Å². The number of nitrogens with zero attached hydrogens (tertiary/aromatic N) is 1. The van der Waals surface area contributed by atoms with Gasteiger partial charge in [-0.25, -0.2) is 0 Å². The van der Waals surface area contributed by atoms with Crippen LogP contribution in [-0.2, 0) is 24.2 Å². The van der Waals surface area contributed by atoms with E-state index in [1.54, 1.807) is 7.11 Å². The number of fused-ring (bicyclic) bond motifs is 1. The maximum absolute atomic E-state index is 11.7. The van der Waals surface area contributed by atoms with E-state index in [4.69, 9.17) is 4.74 Å². The quantitative estimate of drug-likeness (QED) is 0.811. The van der Waals surface area contributed by atoms with Crippen LogP contribution in [0.2, 0.25) is 0 Å². The fourth-order valence-electron chi connectivity index (χ4n) is 3.01. The third kappa shape index (κ3) is 3.45. The minimum Gasteiger partial charge on any atom is -0.497 e. The second-order valence-electron chi connectivity index (χ2n) is 5.84. The molecule has 0 fully saturated rings. The van der Waals surface area contributed by atoms with Crippen LogP contribution in [0.4, 0.5) is 0 Å². The van der Waals surface area contributed by atoms with E-state index in [0.29, 0.717) is 6.54 Å². The van der Waals surface area contributed by atoms with Gasteiger partial charge in [-0.3, -0.25) is 4.79 Å². The van der Waals surface area contributed by atoms with Crippen LogP contribution in [0, 0.1) is 0 Å². The summed E-state index contributed by atoms with van der Waals surface area (Å²) in [4.78, 5) is 13.6. The van der Waals surface area contributed by atoms with Crippen molar-refractivity contribution in [3.05, 3.63) is 77.4 Å². The number of hydrogen-bond acceptors (Lipinski definition) is 2. The summed E-state index contributed by atoms with van der Waals surface area (Å²) in [5, 5.41) is 0. The average molecular weight is 307 g/mol. The Bertz CT molecular complexity index is 719. The molecule has 2 aromatic rings. The lowest BCUT2D eigenvalue weighted by Gasteiger charge is -2.28. The molecule has 0 N–H and O–H groups in total. The van der Waals surface area contributed by atoms with Crippen molar-refractivity contribution in [2.45, 2.75) is 19.4 Å². The molecule has 118 valence electrons. The smallest absolute Gasteiger partial charge is 0.246 e. The van der Waals surface area contributed by atoms with Crippen LogP contribution in [0.5, 0.6) is 5.75 Å².